The molecule has 33 heavy (non-hydrogen) atoms. The van der Waals surface area contributed by atoms with Gasteiger partial charge in [-0.3, -0.25) is 14.2 Å². The molecule has 0 saturated carbocycles. The van der Waals surface area contributed by atoms with E-state index in [9.17, 15) is 9.59 Å². The Morgan fingerprint density at radius 2 is 1.97 bits per heavy atom. The average Bonchev–Trinajstić information content (AvgIpc) is 3.58. The van der Waals surface area contributed by atoms with E-state index in [0.29, 0.717) is 15.7 Å². The van der Waals surface area contributed by atoms with Crippen molar-refractivity contribution >= 4 is 51.3 Å². The van der Waals surface area contributed by atoms with Crippen molar-refractivity contribution < 1.29 is 9.59 Å². The largest absolute Gasteiger partial charge is 0.365 e. The van der Waals surface area contributed by atoms with Crippen molar-refractivity contribution in [1.29, 1.82) is 0 Å². The zero-order valence-electron chi connectivity index (χ0n) is 17.8. The summed E-state index contributed by atoms with van der Waals surface area (Å²) in [4.78, 5) is 27.3. The van der Waals surface area contributed by atoms with E-state index in [-0.39, 0.29) is 5.91 Å². The Kier molecular flexibility index (Phi) is 6.05. The fourth-order valence-corrected chi connectivity index (χ4v) is 6.76. The van der Waals surface area contributed by atoms with Crippen molar-refractivity contribution in [3.05, 3.63) is 63.8 Å². The minimum Gasteiger partial charge on any atom is -0.365 e. The highest BCUT2D eigenvalue weighted by Gasteiger charge is 2.28. The minimum absolute atomic E-state index is 0.206. The Morgan fingerprint density at radius 3 is 2.70 bits per heavy atom. The van der Waals surface area contributed by atoms with Crippen molar-refractivity contribution in [2.24, 2.45) is 5.73 Å². The molecule has 1 aliphatic carbocycles. The number of nitrogens with zero attached hydrogens (tertiary/aromatic N) is 3. The second-order valence-electron chi connectivity index (χ2n) is 7.63. The molecule has 5 rings (SSSR count). The number of hydrogen-bond donors (Lipinski definition) is 2. The number of thiophene rings is 2. The molecule has 0 bridgehead atoms. The maximum atomic E-state index is 13.1. The summed E-state index contributed by atoms with van der Waals surface area (Å²) in [5.41, 5.74) is 8.01. The molecule has 1 aromatic carbocycles. The second kappa shape index (κ2) is 9.12. The second-order valence-corrected chi connectivity index (χ2v) is 11.0. The molecule has 3 heterocycles. The standard InChI is InChI=1S/C23H21N5O2S3/c1-13(21(30)25-22-18(19(24)29)15-9-5-10-16(15)33-22)32-23-27-26-20(17-11-6-12-31-17)28(23)14-7-3-2-4-8-14/h2-4,6-8,11-13H,5,9-10H2,1H3,(H2,24,29)(H,25,30)/t13-/m1/s1. The highest BCUT2D eigenvalue weighted by Crippen LogP contribution is 2.39. The third kappa shape index (κ3) is 4.21. The Hall–Kier alpha value is -2.95. The summed E-state index contributed by atoms with van der Waals surface area (Å²) in [7, 11) is 0. The van der Waals surface area contributed by atoms with E-state index in [2.05, 4.69) is 15.5 Å². The van der Waals surface area contributed by atoms with E-state index in [4.69, 9.17) is 5.73 Å². The van der Waals surface area contributed by atoms with E-state index < -0.39 is 11.2 Å². The molecular weight excluding hydrogens is 474 g/mol. The maximum Gasteiger partial charge on any atom is 0.251 e. The minimum atomic E-state index is -0.491. The Morgan fingerprint density at radius 1 is 1.15 bits per heavy atom. The van der Waals surface area contributed by atoms with Crippen LogP contribution >= 0.6 is 34.4 Å². The van der Waals surface area contributed by atoms with Gasteiger partial charge in [0.2, 0.25) is 5.91 Å². The number of fused-ring (bicyclic) bond motifs is 1. The number of amides is 2. The van der Waals surface area contributed by atoms with Crippen LogP contribution in [0.4, 0.5) is 5.00 Å². The van der Waals surface area contributed by atoms with Gasteiger partial charge in [-0.15, -0.1) is 32.9 Å². The van der Waals surface area contributed by atoms with Gasteiger partial charge < -0.3 is 11.1 Å². The van der Waals surface area contributed by atoms with E-state index in [1.165, 1.54) is 23.1 Å². The number of aromatic nitrogens is 3. The molecule has 0 spiro atoms. The van der Waals surface area contributed by atoms with Gasteiger partial charge in [-0.05, 0) is 55.3 Å². The number of carbonyl (C=O) groups excluding carboxylic acids is 2. The lowest BCUT2D eigenvalue weighted by Gasteiger charge is -2.14. The third-order valence-electron chi connectivity index (χ3n) is 5.45. The summed E-state index contributed by atoms with van der Waals surface area (Å²) in [5, 5.41) is 14.4. The summed E-state index contributed by atoms with van der Waals surface area (Å²) >= 11 is 4.37. The predicted molar refractivity (Wildman–Crippen MR) is 133 cm³/mol. The molecule has 0 unspecified atom stereocenters. The lowest BCUT2D eigenvalue weighted by molar-refractivity contribution is -0.115. The third-order valence-corrected chi connectivity index (χ3v) is 8.56. The van der Waals surface area contributed by atoms with Gasteiger partial charge in [0.25, 0.3) is 5.91 Å². The van der Waals surface area contributed by atoms with E-state index in [1.54, 1.807) is 11.3 Å². The zero-order chi connectivity index (χ0) is 22.9. The number of thioether (sulfide) groups is 1. The quantitative estimate of drug-likeness (QED) is 0.360. The first-order chi connectivity index (χ1) is 16.0. The summed E-state index contributed by atoms with van der Waals surface area (Å²) in [6, 6.07) is 13.8. The van der Waals surface area contributed by atoms with Crippen LogP contribution < -0.4 is 11.1 Å². The van der Waals surface area contributed by atoms with Gasteiger partial charge in [-0.2, -0.15) is 0 Å². The van der Waals surface area contributed by atoms with Gasteiger partial charge in [-0.1, -0.05) is 36.0 Å². The first-order valence-electron chi connectivity index (χ1n) is 10.5. The molecule has 1 aliphatic rings. The summed E-state index contributed by atoms with van der Waals surface area (Å²) in [6.07, 6.45) is 2.77. The van der Waals surface area contributed by atoms with Crippen molar-refractivity contribution in [3.63, 3.8) is 0 Å². The molecule has 4 aromatic rings. The summed E-state index contributed by atoms with van der Waals surface area (Å²) < 4.78 is 1.97. The van der Waals surface area contributed by atoms with E-state index >= 15 is 0 Å². The van der Waals surface area contributed by atoms with Crippen molar-refractivity contribution in [2.45, 2.75) is 36.6 Å². The molecule has 10 heteroatoms. The van der Waals surface area contributed by atoms with Gasteiger partial charge in [0.15, 0.2) is 11.0 Å². The number of aryl methyl sites for hydroxylation is 1. The molecular formula is C23H21N5O2S3. The van der Waals surface area contributed by atoms with Crippen LogP contribution in [0.2, 0.25) is 0 Å². The van der Waals surface area contributed by atoms with E-state index in [0.717, 1.165) is 46.1 Å². The van der Waals surface area contributed by atoms with Gasteiger partial charge >= 0.3 is 0 Å². The Labute approximate surface area is 203 Å². The summed E-state index contributed by atoms with van der Waals surface area (Å²) in [6.45, 7) is 1.82. The first-order valence-corrected chi connectivity index (χ1v) is 13.1. The van der Waals surface area contributed by atoms with Crippen molar-refractivity contribution in [3.8, 4) is 16.4 Å². The molecule has 7 nitrogen and oxygen atoms in total. The number of carbonyl (C=O) groups is 2. The summed E-state index contributed by atoms with van der Waals surface area (Å²) in [5.74, 6) is 0.0362. The van der Waals surface area contributed by atoms with Crippen molar-refractivity contribution in [1.82, 2.24) is 14.8 Å². The molecule has 3 N–H and O–H groups in total. The number of primary amides is 1. The molecule has 168 valence electrons. The Balaban J connectivity index is 1.41. The van der Waals surface area contributed by atoms with Gasteiger partial charge in [0.1, 0.15) is 5.00 Å². The highest BCUT2D eigenvalue weighted by atomic mass is 32.2. The molecule has 0 radical (unpaired) electrons. The lowest BCUT2D eigenvalue weighted by atomic mass is 10.1. The monoisotopic (exact) mass is 495 g/mol. The topological polar surface area (TPSA) is 103 Å². The van der Waals surface area contributed by atoms with Gasteiger partial charge in [-0.25, -0.2) is 0 Å². The first kappa shape index (κ1) is 21.9. The zero-order valence-corrected chi connectivity index (χ0v) is 20.2. The Bertz CT molecular complexity index is 1310. The molecule has 0 aliphatic heterocycles. The fourth-order valence-electron chi connectivity index (χ4n) is 3.90. The van der Waals surface area contributed by atoms with E-state index in [1.807, 2.05) is 59.3 Å². The van der Waals surface area contributed by atoms with Crippen LogP contribution in [0.5, 0.6) is 0 Å². The number of para-hydroxylation sites is 1. The average molecular weight is 496 g/mol. The number of nitrogens with two attached hydrogens (primary N) is 1. The predicted octanol–water partition coefficient (Wildman–Crippen LogP) is 4.76. The maximum absolute atomic E-state index is 13.1. The molecule has 0 fully saturated rings. The van der Waals surface area contributed by atoms with Crippen LogP contribution in [-0.4, -0.2) is 31.8 Å². The van der Waals surface area contributed by atoms with Crippen LogP contribution in [0.1, 0.15) is 34.1 Å². The van der Waals surface area contributed by atoms with Crippen LogP contribution in [-0.2, 0) is 17.6 Å². The van der Waals surface area contributed by atoms with Gasteiger partial charge in [0, 0.05) is 10.6 Å². The highest BCUT2D eigenvalue weighted by molar-refractivity contribution is 8.00. The molecule has 0 saturated heterocycles. The molecule has 2 amide bonds. The van der Waals surface area contributed by atoms with Crippen LogP contribution in [0.15, 0.2) is 53.0 Å². The lowest BCUT2D eigenvalue weighted by Crippen LogP contribution is -2.24. The smallest absolute Gasteiger partial charge is 0.251 e. The van der Waals surface area contributed by atoms with Gasteiger partial charge in [0.05, 0.1) is 15.7 Å². The number of rotatable bonds is 7. The normalized spacial score (nSPS) is 13.6. The van der Waals surface area contributed by atoms with Crippen molar-refractivity contribution in [2.75, 3.05) is 5.32 Å². The van der Waals surface area contributed by atoms with Crippen LogP contribution in [0.25, 0.3) is 16.4 Å². The van der Waals surface area contributed by atoms with Crippen LogP contribution in [0, 0.1) is 0 Å². The number of anilines is 1. The fraction of sp³-hybridized carbons (Fsp3) is 0.217. The molecule has 1 atom stereocenters. The SMILES string of the molecule is C[C@@H](Sc1nnc(-c2cccs2)n1-c1ccccc1)C(=O)Nc1sc2c(c1C(N)=O)CCC2. The molecule has 3 aromatic heterocycles. The number of nitrogens with one attached hydrogen (secondary N) is 1. The number of hydrogen-bond acceptors (Lipinski definition) is 7. The van der Waals surface area contributed by atoms with Crippen LogP contribution in [0.3, 0.4) is 0 Å². The number of benzene rings is 1.